The van der Waals surface area contributed by atoms with Crippen molar-refractivity contribution in [2.24, 2.45) is 0 Å². The number of amides is 3. The highest BCUT2D eigenvalue weighted by Crippen LogP contribution is 2.23. The number of hydrogen-bond acceptors (Lipinski definition) is 3. The average molecular weight is 395 g/mol. The van der Waals surface area contributed by atoms with Gasteiger partial charge in [0, 0.05) is 23.5 Å². The van der Waals surface area contributed by atoms with Gasteiger partial charge in [0.25, 0.3) is 5.91 Å². The van der Waals surface area contributed by atoms with Crippen molar-refractivity contribution in [3.05, 3.63) is 54.1 Å². The van der Waals surface area contributed by atoms with E-state index >= 15 is 0 Å². The smallest absolute Gasteiger partial charge is 0.319 e. The molecule has 1 fully saturated rings. The number of hydrogen-bond donors (Lipinski definition) is 4. The summed E-state index contributed by atoms with van der Waals surface area (Å²) in [4.78, 5) is 24.7. The van der Waals surface area contributed by atoms with Gasteiger partial charge >= 0.3 is 6.03 Å². The van der Waals surface area contributed by atoms with Gasteiger partial charge in [-0.15, -0.1) is 0 Å². The maximum atomic E-state index is 12.7. The Hall–Kier alpha value is -3.02. The molecule has 154 valence electrons. The Morgan fingerprint density at radius 1 is 0.862 bits per heavy atom. The second kappa shape index (κ2) is 9.96. The van der Waals surface area contributed by atoms with Gasteiger partial charge in [0.2, 0.25) is 0 Å². The Morgan fingerprint density at radius 2 is 1.52 bits per heavy atom. The predicted molar refractivity (Wildman–Crippen MR) is 119 cm³/mol. The summed E-state index contributed by atoms with van der Waals surface area (Å²) in [6.45, 7) is 3.76. The van der Waals surface area contributed by atoms with Crippen LogP contribution in [-0.2, 0) is 0 Å². The molecular weight excluding hydrogens is 364 g/mol. The van der Waals surface area contributed by atoms with E-state index in [0.717, 1.165) is 5.69 Å². The highest BCUT2D eigenvalue weighted by Gasteiger charge is 2.15. The third-order valence-corrected chi connectivity index (χ3v) is 4.96. The van der Waals surface area contributed by atoms with E-state index in [1.54, 1.807) is 24.3 Å². The predicted octanol–water partition coefficient (Wildman–Crippen LogP) is 5.21. The van der Waals surface area contributed by atoms with Crippen LogP contribution in [-0.4, -0.2) is 24.0 Å². The zero-order valence-corrected chi connectivity index (χ0v) is 17.1. The molecule has 3 amide bonds. The number of nitrogens with one attached hydrogen (secondary N) is 4. The van der Waals surface area contributed by atoms with Crippen molar-refractivity contribution in [3.8, 4) is 0 Å². The number of urea groups is 1. The standard InChI is InChI=1S/C23H30N4O2/c1-16(2)24-23(29)27-21-11-7-6-10-20(21)22(28)26-19-14-12-18(13-15-19)25-17-8-4-3-5-9-17/h6-7,10-17,25H,3-5,8-9H2,1-2H3,(H,26,28)(H2,24,27,29). The van der Waals surface area contributed by atoms with Gasteiger partial charge in [0.05, 0.1) is 11.3 Å². The Balaban J connectivity index is 1.62. The molecule has 6 nitrogen and oxygen atoms in total. The van der Waals surface area contributed by atoms with Gasteiger partial charge in [0.15, 0.2) is 0 Å². The van der Waals surface area contributed by atoms with Crippen LogP contribution < -0.4 is 21.3 Å². The van der Waals surface area contributed by atoms with Crippen LogP contribution in [0, 0.1) is 0 Å². The molecule has 0 atom stereocenters. The van der Waals surface area contributed by atoms with E-state index in [0.29, 0.717) is 23.0 Å². The quantitative estimate of drug-likeness (QED) is 0.542. The van der Waals surface area contributed by atoms with E-state index < -0.39 is 0 Å². The van der Waals surface area contributed by atoms with Crippen LogP contribution in [0.1, 0.15) is 56.3 Å². The molecule has 0 heterocycles. The van der Waals surface area contributed by atoms with E-state index in [9.17, 15) is 9.59 Å². The van der Waals surface area contributed by atoms with Crippen molar-refractivity contribution in [1.82, 2.24) is 5.32 Å². The van der Waals surface area contributed by atoms with Crippen molar-refractivity contribution in [2.45, 2.75) is 58.0 Å². The van der Waals surface area contributed by atoms with Gasteiger partial charge in [-0.05, 0) is 63.1 Å². The molecular formula is C23H30N4O2. The maximum Gasteiger partial charge on any atom is 0.319 e. The van der Waals surface area contributed by atoms with Crippen LogP contribution in [0.2, 0.25) is 0 Å². The fourth-order valence-corrected chi connectivity index (χ4v) is 3.54. The molecule has 0 aliphatic heterocycles. The first kappa shape index (κ1) is 20.7. The van der Waals surface area contributed by atoms with Crippen molar-refractivity contribution in [3.63, 3.8) is 0 Å². The summed E-state index contributed by atoms with van der Waals surface area (Å²) in [6.07, 6.45) is 6.33. The lowest BCUT2D eigenvalue weighted by Gasteiger charge is -2.24. The fourth-order valence-electron chi connectivity index (χ4n) is 3.54. The van der Waals surface area contributed by atoms with Gasteiger partial charge in [-0.25, -0.2) is 4.79 Å². The summed E-state index contributed by atoms with van der Waals surface area (Å²) < 4.78 is 0. The molecule has 1 saturated carbocycles. The SMILES string of the molecule is CC(C)NC(=O)Nc1ccccc1C(=O)Nc1ccc(NC2CCCCC2)cc1. The van der Waals surface area contributed by atoms with E-state index in [2.05, 4.69) is 21.3 Å². The summed E-state index contributed by atoms with van der Waals surface area (Å²) in [5.74, 6) is -0.265. The largest absolute Gasteiger partial charge is 0.382 e. The normalized spacial score (nSPS) is 14.3. The Labute approximate surface area is 172 Å². The molecule has 4 N–H and O–H groups in total. The molecule has 0 spiro atoms. The Bertz CT molecular complexity index is 827. The first-order chi connectivity index (χ1) is 14.0. The lowest BCUT2D eigenvalue weighted by Crippen LogP contribution is -2.34. The van der Waals surface area contributed by atoms with Crippen LogP contribution in [0.5, 0.6) is 0 Å². The second-order valence-corrected chi connectivity index (χ2v) is 7.81. The molecule has 0 aromatic heterocycles. The second-order valence-electron chi connectivity index (χ2n) is 7.81. The molecule has 29 heavy (non-hydrogen) atoms. The minimum Gasteiger partial charge on any atom is -0.382 e. The van der Waals surface area contributed by atoms with Crippen LogP contribution >= 0.6 is 0 Å². The average Bonchev–Trinajstić information content (AvgIpc) is 2.70. The highest BCUT2D eigenvalue weighted by molar-refractivity contribution is 6.10. The number of anilines is 3. The van der Waals surface area contributed by atoms with Gasteiger partial charge in [0.1, 0.15) is 0 Å². The van der Waals surface area contributed by atoms with Gasteiger partial charge in [-0.1, -0.05) is 31.4 Å². The molecule has 0 bridgehead atoms. The number of benzene rings is 2. The maximum absolute atomic E-state index is 12.7. The molecule has 2 aromatic rings. The molecule has 2 aromatic carbocycles. The summed E-state index contributed by atoms with van der Waals surface area (Å²) in [6, 6.07) is 15.0. The molecule has 6 heteroatoms. The monoisotopic (exact) mass is 394 g/mol. The Kier molecular flexibility index (Phi) is 7.11. The zero-order chi connectivity index (χ0) is 20.6. The first-order valence-corrected chi connectivity index (χ1v) is 10.4. The van der Waals surface area contributed by atoms with E-state index in [1.165, 1.54) is 32.1 Å². The minimum absolute atomic E-state index is 0.0109. The minimum atomic E-state index is -0.335. The number of carbonyl (C=O) groups excluding carboxylic acids is 2. The van der Waals surface area contributed by atoms with Gasteiger partial charge in [-0.3, -0.25) is 4.79 Å². The molecule has 1 aliphatic rings. The molecule has 1 aliphatic carbocycles. The van der Waals surface area contributed by atoms with E-state index in [1.807, 2.05) is 38.1 Å². The topological polar surface area (TPSA) is 82.3 Å². The van der Waals surface area contributed by atoms with Crippen molar-refractivity contribution in [2.75, 3.05) is 16.0 Å². The van der Waals surface area contributed by atoms with Gasteiger partial charge < -0.3 is 21.3 Å². The van der Waals surface area contributed by atoms with Crippen LogP contribution in [0.25, 0.3) is 0 Å². The lowest BCUT2D eigenvalue weighted by molar-refractivity contribution is 0.102. The van der Waals surface area contributed by atoms with Crippen LogP contribution in [0.4, 0.5) is 21.9 Å². The third-order valence-electron chi connectivity index (χ3n) is 4.96. The number of rotatable bonds is 6. The highest BCUT2D eigenvalue weighted by atomic mass is 16.2. The van der Waals surface area contributed by atoms with Gasteiger partial charge in [-0.2, -0.15) is 0 Å². The summed E-state index contributed by atoms with van der Waals surface area (Å²) in [5, 5.41) is 12.0. The fraction of sp³-hybridized carbons (Fsp3) is 0.391. The van der Waals surface area contributed by atoms with Crippen molar-refractivity contribution in [1.29, 1.82) is 0 Å². The molecule has 0 saturated heterocycles. The zero-order valence-electron chi connectivity index (χ0n) is 17.1. The van der Waals surface area contributed by atoms with Crippen LogP contribution in [0.3, 0.4) is 0 Å². The number of para-hydroxylation sites is 1. The van der Waals surface area contributed by atoms with Crippen LogP contribution in [0.15, 0.2) is 48.5 Å². The molecule has 3 rings (SSSR count). The van der Waals surface area contributed by atoms with E-state index in [-0.39, 0.29) is 18.0 Å². The van der Waals surface area contributed by atoms with E-state index in [4.69, 9.17) is 0 Å². The van der Waals surface area contributed by atoms with Crippen molar-refractivity contribution >= 4 is 29.0 Å². The molecule has 0 radical (unpaired) electrons. The summed E-state index contributed by atoms with van der Waals surface area (Å²) >= 11 is 0. The molecule has 0 unspecified atom stereocenters. The lowest BCUT2D eigenvalue weighted by atomic mass is 9.95. The Morgan fingerprint density at radius 3 is 2.21 bits per heavy atom. The summed E-state index contributed by atoms with van der Waals surface area (Å²) in [7, 11) is 0. The number of carbonyl (C=O) groups is 2. The third kappa shape index (κ3) is 6.24. The summed E-state index contributed by atoms with van der Waals surface area (Å²) in [5.41, 5.74) is 2.67. The first-order valence-electron chi connectivity index (χ1n) is 10.4. The van der Waals surface area contributed by atoms with Crippen molar-refractivity contribution < 1.29 is 9.59 Å².